The van der Waals surface area contributed by atoms with E-state index in [1.165, 1.54) is 25.7 Å². The number of nitrogens with zero attached hydrogens (tertiary/aromatic N) is 1. The van der Waals surface area contributed by atoms with Gasteiger partial charge in [0.1, 0.15) is 5.58 Å². The number of rotatable bonds is 1. The number of hydrogen-bond acceptors (Lipinski definition) is 2. The maximum atomic E-state index is 12.7. The Morgan fingerprint density at radius 3 is 2.82 bits per heavy atom. The molecule has 3 nitrogen and oxygen atoms in total. The van der Waals surface area contributed by atoms with E-state index in [1.807, 2.05) is 23.1 Å². The van der Waals surface area contributed by atoms with Crippen molar-refractivity contribution in [3.05, 3.63) is 35.0 Å². The molecule has 1 amide bonds. The van der Waals surface area contributed by atoms with Gasteiger partial charge in [-0.25, -0.2) is 0 Å². The molecule has 1 aromatic heterocycles. The first-order valence-corrected chi connectivity index (χ1v) is 8.57. The van der Waals surface area contributed by atoms with E-state index in [2.05, 4.69) is 0 Å². The van der Waals surface area contributed by atoms with Gasteiger partial charge in [0.15, 0.2) is 5.76 Å². The fourth-order valence-electron chi connectivity index (χ4n) is 4.06. The Morgan fingerprint density at radius 2 is 1.95 bits per heavy atom. The third kappa shape index (κ3) is 2.52. The molecule has 4 rings (SSSR count). The molecule has 1 saturated heterocycles. The van der Waals surface area contributed by atoms with Crippen molar-refractivity contribution in [3.63, 3.8) is 0 Å². The topological polar surface area (TPSA) is 33.5 Å². The molecule has 116 valence electrons. The Balaban J connectivity index is 1.55. The zero-order valence-corrected chi connectivity index (χ0v) is 13.3. The number of fused-ring (bicyclic) bond motifs is 2. The molecule has 2 fully saturated rings. The summed E-state index contributed by atoms with van der Waals surface area (Å²) >= 11 is 6.00. The van der Waals surface area contributed by atoms with Gasteiger partial charge in [-0.15, -0.1) is 0 Å². The second kappa shape index (κ2) is 5.62. The average Bonchev–Trinajstić information content (AvgIpc) is 2.96. The number of furan rings is 1. The van der Waals surface area contributed by atoms with E-state index >= 15 is 0 Å². The highest BCUT2D eigenvalue weighted by molar-refractivity contribution is 6.31. The largest absolute Gasteiger partial charge is 0.451 e. The van der Waals surface area contributed by atoms with Gasteiger partial charge in [0.25, 0.3) is 5.91 Å². The Labute approximate surface area is 135 Å². The minimum atomic E-state index is 0.0244. The van der Waals surface area contributed by atoms with E-state index in [0.29, 0.717) is 16.7 Å². The zero-order valence-electron chi connectivity index (χ0n) is 12.6. The highest BCUT2D eigenvalue weighted by atomic mass is 35.5. The van der Waals surface area contributed by atoms with Crippen LogP contribution in [0.15, 0.2) is 28.7 Å². The average molecular weight is 318 g/mol. The highest BCUT2D eigenvalue weighted by Gasteiger charge is 2.34. The van der Waals surface area contributed by atoms with Gasteiger partial charge in [0.05, 0.1) is 0 Å². The predicted molar refractivity (Wildman–Crippen MR) is 87.2 cm³/mol. The standard InChI is InChI=1S/C18H20ClNO2/c19-15-5-6-16-14(9-15)10-17(22-16)18(21)20-8-7-12-3-1-2-4-13(12)11-20/h5-6,9-10,12-13H,1-4,7-8,11H2/t12-,13-/m0/s1. The van der Waals surface area contributed by atoms with E-state index in [-0.39, 0.29) is 5.91 Å². The van der Waals surface area contributed by atoms with Crippen LogP contribution in [0.5, 0.6) is 0 Å². The summed E-state index contributed by atoms with van der Waals surface area (Å²) in [5.74, 6) is 1.97. The van der Waals surface area contributed by atoms with E-state index in [9.17, 15) is 4.79 Å². The maximum Gasteiger partial charge on any atom is 0.289 e. The van der Waals surface area contributed by atoms with Crippen molar-refractivity contribution < 1.29 is 9.21 Å². The van der Waals surface area contributed by atoms with Crippen molar-refractivity contribution in [2.75, 3.05) is 13.1 Å². The van der Waals surface area contributed by atoms with Crippen molar-refractivity contribution in [1.82, 2.24) is 4.90 Å². The van der Waals surface area contributed by atoms with Crippen LogP contribution in [-0.4, -0.2) is 23.9 Å². The number of amides is 1. The lowest BCUT2D eigenvalue weighted by molar-refractivity contribution is 0.0494. The predicted octanol–water partition coefficient (Wildman–Crippen LogP) is 4.74. The molecule has 2 heterocycles. The minimum absolute atomic E-state index is 0.0244. The summed E-state index contributed by atoms with van der Waals surface area (Å²) in [7, 11) is 0. The van der Waals surface area contributed by atoms with Crippen LogP contribution in [0.2, 0.25) is 5.02 Å². The lowest BCUT2D eigenvalue weighted by Crippen LogP contribution is -2.44. The maximum absolute atomic E-state index is 12.7. The summed E-state index contributed by atoms with van der Waals surface area (Å²) in [5.41, 5.74) is 0.723. The molecule has 1 saturated carbocycles. The molecule has 4 heteroatoms. The van der Waals surface area contributed by atoms with Crippen LogP contribution in [0.3, 0.4) is 0 Å². The zero-order chi connectivity index (χ0) is 15.1. The van der Waals surface area contributed by atoms with Gasteiger partial charge in [0.2, 0.25) is 0 Å². The third-order valence-electron chi connectivity index (χ3n) is 5.27. The van der Waals surface area contributed by atoms with E-state index in [0.717, 1.165) is 36.4 Å². The fourth-order valence-corrected chi connectivity index (χ4v) is 4.24. The van der Waals surface area contributed by atoms with Gasteiger partial charge >= 0.3 is 0 Å². The molecule has 1 aliphatic heterocycles. The summed E-state index contributed by atoms with van der Waals surface area (Å²) in [4.78, 5) is 14.7. The lowest BCUT2D eigenvalue weighted by Gasteiger charge is -2.41. The Morgan fingerprint density at radius 1 is 1.14 bits per heavy atom. The molecular formula is C18H20ClNO2. The second-order valence-electron chi connectivity index (χ2n) is 6.64. The minimum Gasteiger partial charge on any atom is -0.451 e. The lowest BCUT2D eigenvalue weighted by atomic mass is 9.75. The fraction of sp³-hybridized carbons (Fsp3) is 0.500. The molecule has 2 atom stereocenters. The molecule has 0 bridgehead atoms. The Kier molecular flexibility index (Phi) is 3.61. The van der Waals surface area contributed by atoms with Crippen LogP contribution in [0.4, 0.5) is 0 Å². The van der Waals surface area contributed by atoms with Crippen LogP contribution in [0.1, 0.15) is 42.7 Å². The summed E-state index contributed by atoms with van der Waals surface area (Å²) in [6.45, 7) is 1.75. The Bertz CT molecular complexity index is 708. The van der Waals surface area contributed by atoms with Crippen molar-refractivity contribution in [3.8, 4) is 0 Å². The summed E-state index contributed by atoms with van der Waals surface area (Å²) in [6, 6.07) is 7.26. The molecule has 2 aliphatic rings. The van der Waals surface area contributed by atoms with E-state index < -0.39 is 0 Å². The van der Waals surface area contributed by atoms with Crippen molar-refractivity contribution in [2.24, 2.45) is 11.8 Å². The molecule has 0 N–H and O–H groups in total. The van der Waals surface area contributed by atoms with Gasteiger partial charge in [-0.05, 0) is 48.9 Å². The van der Waals surface area contributed by atoms with Gasteiger partial charge < -0.3 is 9.32 Å². The molecule has 2 aromatic rings. The summed E-state index contributed by atoms with van der Waals surface area (Å²) < 4.78 is 5.72. The van der Waals surface area contributed by atoms with Crippen molar-refractivity contribution >= 4 is 28.5 Å². The van der Waals surface area contributed by atoms with Gasteiger partial charge in [-0.1, -0.05) is 30.9 Å². The van der Waals surface area contributed by atoms with Crippen LogP contribution < -0.4 is 0 Å². The quantitative estimate of drug-likeness (QED) is 0.761. The van der Waals surface area contributed by atoms with E-state index in [4.69, 9.17) is 16.0 Å². The number of benzene rings is 1. The number of piperidine rings is 1. The first-order chi connectivity index (χ1) is 10.7. The Hall–Kier alpha value is -1.48. The second-order valence-corrected chi connectivity index (χ2v) is 7.07. The van der Waals surface area contributed by atoms with Crippen LogP contribution in [-0.2, 0) is 0 Å². The molecule has 0 spiro atoms. The first kappa shape index (κ1) is 14.1. The SMILES string of the molecule is O=C(c1cc2cc(Cl)ccc2o1)N1CC[C@@H]2CCCC[C@H]2C1. The monoisotopic (exact) mass is 317 g/mol. The molecular weight excluding hydrogens is 298 g/mol. The summed E-state index contributed by atoms with van der Waals surface area (Å²) in [5, 5.41) is 1.55. The number of hydrogen-bond donors (Lipinski definition) is 0. The molecule has 1 aromatic carbocycles. The number of likely N-dealkylation sites (tertiary alicyclic amines) is 1. The molecule has 22 heavy (non-hydrogen) atoms. The summed E-state index contributed by atoms with van der Waals surface area (Å²) in [6.07, 6.45) is 6.42. The number of carbonyl (C=O) groups excluding carboxylic acids is 1. The third-order valence-corrected chi connectivity index (χ3v) is 5.50. The van der Waals surface area contributed by atoms with Gasteiger partial charge in [-0.2, -0.15) is 0 Å². The normalized spacial score (nSPS) is 25.2. The van der Waals surface area contributed by atoms with Crippen LogP contribution in [0.25, 0.3) is 11.0 Å². The van der Waals surface area contributed by atoms with Gasteiger partial charge in [-0.3, -0.25) is 4.79 Å². The first-order valence-electron chi connectivity index (χ1n) is 8.19. The molecule has 0 radical (unpaired) electrons. The van der Waals surface area contributed by atoms with Gasteiger partial charge in [0, 0.05) is 23.5 Å². The van der Waals surface area contributed by atoms with Crippen molar-refractivity contribution in [1.29, 1.82) is 0 Å². The number of halogens is 1. The highest BCUT2D eigenvalue weighted by Crippen LogP contribution is 2.36. The van der Waals surface area contributed by atoms with Crippen LogP contribution >= 0.6 is 11.6 Å². The molecule has 0 unspecified atom stereocenters. The van der Waals surface area contributed by atoms with E-state index in [1.54, 1.807) is 6.07 Å². The molecule has 1 aliphatic carbocycles. The number of carbonyl (C=O) groups is 1. The van der Waals surface area contributed by atoms with Crippen LogP contribution in [0, 0.1) is 11.8 Å². The van der Waals surface area contributed by atoms with Crippen molar-refractivity contribution in [2.45, 2.75) is 32.1 Å². The smallest absolute Gasteiger partial charge is 0.289 e.